The van der Waals surface area contributed by atoms with Crippen molar-refractivity contribution in [1.82, 2.24) is 10.2 Å². The minimum absolute atomic E-state index is 0. The van der Waals surface area contributed by atoms with Crippen molar-refractivity contribution in [2.45, 2.75) is 32.4 Å². The summed E-state index contributed by atoms with van der Waals surface area (Å²) in [6.07, 6.45) is -1.82. The molecular weight excluding hydrogens is 395 g/mol. The van der Waals surface area contributed by atoms with Crippen molar-refractivity contribution < 1.29 is 22.8 Å². The molecule has 2 aliphatic rings. The maximum absolute atomic E-state index is 13.1. The van der Waals surface area contributed by atoms with Crippen molar-refractivity contribution in [3.63, 3.8) is 0 Å². The predicted molar refractivity (Wildman–Crippen MR) is 102 cm³/mol. The van der Waals surface area contributed by atoms with E-state index in [9.17, 15) is 22.8 Å². The van der Waals surface area contributed by atoms with Crippen LogP contribution in [0.5, 0.6) is 0 Å². The van der Waals surface area contributed by atoms with Gasteiger partial charge in [-0.3, -0.25) is 9.59 Å². The number of rotatable bonds is 5. The van der Waals surface area contributed by atoms with Crippen LogP contribution in [0, 0.1) is 11.3 Å². The molecule has 1 heterocycles. The van der Waals surface area contributed by atoms with Crippen LogP contribution >= 0.6 is 12.4 Å². The van der Waals surface area contributed by atoms with Crippen LogP contribution in [0.1, 0.15) is 31.7 Å². The first-order valence-corrected chi connectivity index (χ1v) is 9.22. The first-order chi connectivity index (χ1) is 12.8. The summed E-state index contributed by atoms with van der Waals surface area (Å²) >= 11 is 0. The molecular formula is C19H25ClF3N3O2. The Morgan fingerprint density at radius 1 is 1.25 bits per heavy atom. The number of anilines is 1. The van der Waals surface area contributed by atoms with E-state index < -0.39 is 17.6 Å². The minimum atomic E-state index is -4.56. The van der Waals surface area contributed by atoms with Crippen molar-refractivity contribution in [2.75, 3.05) is 31.5 Å². The number of carbonyl (C=O) groups excluding carboxylic acids is 2. The number of hydrogen-bond acceptors (Lipinski definition) is 3. The van der Waals surface area contributed by atoms with Gasteiger partial charge in [-0.05, 0) is 56.8 Å². The number of hydrogen-bond donors (Lipinski definition) is 2. The van der Waals surface area contributed by atoms with E-state index in [4.69, 9.17) is 0 Å². The third-order valence-electron chi connectivity index (χ3n) is 5.62. The summed E-state index contributed by atoms with van der Waals surface area (Å²) in [5.41, 5.74) is -1.14. The molecule has 1 aromatic rings. The van der Waals surface area contributed by atoms with Crippen LogP contribution in [0.15, 0.2) is 24.3 Å². The number of likely N-dealkylation sites (N-methyl/N-ethyl adjacent to an activating group) is 1. The number of halogens is 4. The zero-order valence-corrected chi connectivity index (χ0v) is 16.5. The highest BCUT2D eigenvalue weighted by molar-refractivity contribution is 5.96. The fourth-order valence-electron chi connectivity index (χ4n) is 3.94. The van der Waals surface area contributed by atoms with Crippen LogP contribution in [-0.2, 0) is 15.8 Å². The lowest BCUT2D eigenvalue weighted by molar-refractivity contribution is -0.138. The van der Waals surface area contributed by atoms with E-state index in [-0.39, 0.29) is 41.9 Å². The fourth-order valence-corrected chi connectivity index (χ4v) is 3.94. The van der Waals surface area contributed by atoms with Gasteiger partial charge in [-0.1, -0.05) is 12.1 Å². The molecule has 0 aromatic heterocycles. The summed E-state index contributed by atoms with van der Waals surface area (Å²) in [5, 5.41) is 5.58. The Balaban J connectivity index is 0.00000280. The Bertz CT molecular complexity index is 721. The maximum atomic E-state index is 13.1. The number of carbonyl (C=O) groups is 2. The second kappa shape index (κ2) is 8.69. The van der Waals surface area contributed by atoms with E-state index in [1.54, 1.807) is 6.92 Å². The number of para-hydroxylation sites is 1. The molecule has 1 saturated heterocycles. The van der Waals surface area contributed by atoms with Crippen molar-refractivity contribution >= 4 is 29.9 Å². The Labute approximate surface area is 168 Å². The molecule has 156 valence electrons. The maximum Gasteiger partial charge on any atom is 0.418 e. The molecule has 0 bridgehead atoms. The second-order valence-electron chi connectivity index (χ2n) is 7.31. The molecule has 2 amide bonds. The number of nitrogens with one attached hydrogen (secondary N) is 2. The molecule has 1 atom stereocenters. The highest BCUT2D eigenvalue weighted by Gasteiger charge is 2.58. The summed E-state index contributed by atoms with van der Waals surface area (Å²) in [7, 11) is 0. The number of benzene rings is 1. The third kappa shape index (κ3) is 4.78. The van der Waals surface area contributed by atoms with E-state index >= 15 is 0 Å². The summed E-state index contributed by atoms with van der Waals surface area (Å²) in [6.45, 7) is 3.66. The Morgan fingerprint density at radius 3 is 2.50 bits per heavy atom. The number of nitrogens with zero attached hydrogens (tertiary/aromatic N) is 1. The first-order valence-electron chi connectivity index (χ1n) is 9.22. The van der Waals surface area contributed by atoms with Crippen LogP contribution < -0.4 is 10.6 Å². The van der Waals surface area contributed by atoms with Gasteiger partial charge >= 0.3 is 6.18 Å². The second-order valence-corrected chi connectivity index (χ2v) is 7.31. The van der Waals surface area contributed by atoms with E-state index in [0.717, 1.165) is 38.4 Å². The first kappa shape index (κ1) is 22.5. The van der Waals surface area contributed by atoms with E-state index in [2.05, 4.69) is 10.6 Å². The predicted octanol–water partition coefficient (Wildman–Crippen LogP) is 3.30. The average Bonchev–Trinajstić information content (AvgIpc) is 3.32. The van der Waals surface area contributed by atoms with E-state index in [0.29, 0.717) is 6.54 Å². The summed E-state index contributed by atoms with van der Waals surface area (Å²) in [4.78, 5) is 26.5. The molecule has 1 aliphatic heterocycles. The largest absolute Gasteiger partial charge is 0.418 e. The van der Waals surface area contributed by atoms with Gasteiger partial charge < -0.3 is 15.5 Å². The molecule has 5 nitrogen and oxygen atoms in total. The van der Waals surface area contributed by atoms with Gasteiger partial charge in [-0.25, -0.2) is 0 Å². The van der Waals surface area contributed by atoms with Crippen molar-refractivity contribution in [1.29, 1.82) is 0 Å². The zero-order chi connectivity index (χ0) is 19.7. The van der Waals surface area contributed by atoms with Crippen molar-refractivity contribution in [3.05, 3.63) is 29.8 Å². The van der Waals surface area contributed by atoms with Gasteiger partial charge in [0.2, 0.25) is 11.8 Å². The fraction of sp³-hybridized carbons (Fsp3) is 0.579. The quantitative estimate of drug-likeness (QED) is 0.769. The Hall–Kier alpha value is -1.80. The number of piperidine rings is 1. The van der Waals surface area contributed by atoms with Crippen LogP contribution in [0.25, 0.3) is 0 Å². The summed E-state index contributed by atoms with van der Waals surface area (Å²) < 4.78 is 39.2. The van der Waals surface area contributed by atoms with Crippen LogP contribution in [0.3, 0.4) is 0 Å². The Kier molecular flexibility index (Phi) is 6.98. The van der Waals surface area contributed by atoms with E-state index in [1.165, 1.54) is 23.1 Å². The lowest BCUT2D eigenvalue weighted by Crippen LogP contribution is -2.40. The molecule has 2 fully saturated rings. The van der Waals surface area contributed by atoms with Gasteiger partial charge in [0.25, 0.3) is 0 Å². The topological polar surface area (TPSA) is 61.4 Å². The molecule has 1 saturated carbocycles. The van der Waals surface area contributed by atoms with Crippen molar-refractivity contribution in [2.24, 2.45) is 11.3 Å². The molecule has 0 radical (unpaired) electrons. The third-order valence-corrected chi connectivity index (χ3v) is 5.62. The van der Waals surface area contributed by atoms with Crippen LogP contribution in [-0.4, -0.2) is 42.9 Å². The number of alkyl halides is 3. The molecule has 28 heavy (non-hydrogen) atoms. The van der Waals surface area contributed by atoms with Gasteiger partial charge in [-0.15, -0.1) is 12.4 Å². The lowest BCUT2D eigenvalue weighted by atomic mass is 9.91. The molecule has 3 rings (SSSR count). The molecule has 1 aliphatic carbocycles. The lowest BCUT2D eigenvalue weighted by Gasteiger charge is -2.26. The van der Waals surface area contributed by atoms with Gasteiger partial charge in [0.1, 0.15) is 0 Å². The summed E-state index contributed by atoms with van der Waals surface area (Å²) in [6, 6.07) is 4.83. The number of amides is 2. The minimum Gasteiger partial charge on any atom is -0.333 e. The normalized spacial score (nSPS) is 20.2. The molecule has 9 heteroatoms. The van der Waals surface area contributed by atoms with Crippen LogP contribution in [0.2, 0.25) is 0 Å². The van der Waals surface area contributed by atoms with Gasteiger partial charge in [0.15, 0.2) is 0 Å². The highest BCUT2D eigenvalue weighted by atomic mass is 35.5. The standard InChI is InChI=1S/C19H24F3N3O2.ClH/c1-2-25(17(27)14-11-18(14)7-9-23-10-8-18)12-16(26)24-15-6-4-3-5-13(15)19(20,21)22;/h3-6,14,23H,2,7-12H2,1H3,(H,24,26);1H. The summed E-state index contributed by atoms with van der Waals surface area (Å²) in [5.74, 6) is -0.768. The zero-order valence-electron chi connectivity index (χ0n) is 15.6. The van der Waals surface area contributed by atoms with Crippen molar-refractivity contribution in [3.8, 4) is 0 Å². The molecule has 1 unspecified atom stereocenters. The molecule has 2 N–H and O–H groups in total. The monoisotopic (exact) mass is 419 g/mol. The highest BCUT2D eigenvalue weighted by Crippen LogP contribution is 2.59. The smallest absolute Gasteiger partial charge is 0.333 e. The van der Waals surface area contributed by atoms with Crippen LogP contribution in [0.4, 0.5) is 18.9 Å². The van der Waals surface area contributed by atoms with E-state index in [1.807, 2.05) is 0 Å². The SMILES string of the molecule is CCN(CC(=O)Nc1ccccc1C(F)(F)F)C(=O)C1CC12CCNCC2.Cl. The van der Waals surface area contributed by atoms with Gasteiger partial charge in [0.05, 0.1) is 17.8 Å². The van der Waals surface area contributed by atoms with Gasteiger partial charge in [0, 0.05) is 12.5 Å². The molecule has 1 aromatic carbocycles. The van der Waals surface area contributed by atoms with Gasteiger partial charge in [-0.2, -0.15) is 13.2 Å². The Morgan fingerprint density at radius 2 is 1.89 bits per heavy atom. The average molecular weight is 420 g/mol. The molecule has 1 spiro atoms.